The van der Waals surface area contributed by atoms with E-state index in [1.807, 2.05) is 0 Å². The maximum Gasteiger partial charge on any atom is 0.441 e. The average Bonchev–Trinajstić information content (AvgIpc) is 2.25. The minimum Gasteiger partial charge on any atom is -0.314 e. The molecule has 17 heavy (non-hydrogen) atoms. The summed E-state index contributed by atoms with van der Waals surface area (Å²) in [7, 11) is 0. The standard InChI is InChI=1S/C12H22F3NS/c1-2-7-16-11-5-3-4-10(9-11)6-8-17-12(13,14)15/h10-11,16H,2-9H2,1H3. The highest BCUT2D eigenvalue weighted by atomic mass is 32.2. The van der Waals surface area contributed by atoms with Crippen LogP contribution in [0.5, 0.6) is 0 Å². The number of thioether (sulfide) groups is 1. The second-order valence-corrected chi connectivity index (χ2v) is 5.93. The van der Waals surface area contributed by atoms with Gasteiger partial charge < -0.3 is 5.32 Å². The normalized spacial score (nSPS) is 26.1. The highest BCUT2D eigenvalue weighted by Crippen LogP contribution is 2.34. The van der Waals surface area contributed by atoms with Crippen LogP contribution in [-0.2, 0) is 0 Å². The summed E-state index contributed by atoms with van der Waals surface area (Å²) >= 11 is 0.126. The Morgan fingerprint density at radius 3 is 2.71 bits per heavy atom. The van der Waals surface area contributed by atoms with E-state index in [9.17, 15) is 13.2 Å². The molecule has 1 saturated carbocycles. The van der Waals surface area contributed by atoms with Crippen LogP contribution in [0.15, 0.2) is 0 Å². The van der Waals surface area contributed by atoms with E-state index in [1.165, 1.54) is 6.42 Å². The summed E-state index contributed by atoms with van der Waals surface area (Å²) in [5.41, 5.74) is -4.06. The molecule has 1 aliphatic carbocycles. The van der Waals surface area contributed by atoms with Gasteiger partial charge in [0.15, 0.2) is 0 Å². The van der Waals surface area contributed by atoms with Crippen molar-refractivity contribution >= 4 is 11.8 Å². The molecule has 0 radical (unpaired) electrons. The third-order valence-corrected chi connectivity index (χ3v) is 4.02. The number of hydrogen-bond donors (Lipinski definition) is 1. The molecular formula is C12H22F3NS. The molecule has 1 fully saturated rings. The van der Waals surface area contributed by atoms with Crippen LogP contribution >= 0.6 is 11.8 Å². The van der Waals surface area contributed by atoms with Gasteiger partial charge >= 0.3 is 5.51 Å². The van der Waals surface area contributed by atoms with Crippen molar-refractivity contribution in [3.8, 4) is 0 Å². The molecule has 0 spiro atoms. The van der Waals surface area contributed by atoms with Crippen LogP contribution in [0.25, 0.3) is 0 Å². The van der Waals surface area contributed by atoms with Crippen molar-refractivity contribution in [3.05, 3.63) is 0 Å². The molecule has 0 aliphatic heterocycles. The van der Waals surface area contributed by atoms with Crippen molar-refractivity contribution in [2.45, 2.75) is 57.0 Å². The molecule has 1 aliphatic rings. The largest absolute Gasteiger partial charge is 0.441 e. The summed E-state index contributed by atoms with van der Waals surface area (Å²) in [5.74, 6) is 0.697. The lowest BCUT2D eigenvalue weighted by molar-refractivity contribution is -0.0328. The Balaban J connectivity index is 2.16. The Bertz CT molecular complexity index is 208. The monoisotopic (exact) mass is 269 g/mol. The molecule has 1 nitrogen and oxygen atoms in total. The number of alkyl halides is 3. The van der Waals surface area contributed by atoms with E-state index in [0.29, 0.717) is 18.4 Å². The zero-order valence-electron chi connectivity index (χ0n) is 10.4. The van der Waals surface area contributed by atoms with E-state index >= 15 is 0 Å². The SMILES string of the molecule is CCCNC1CCCC(CCSC(F)(F)F)C1. The fourth-order valence-corrected chi connectivity index (χ4v) is 3.11. The molecule has 0 aromatic rings. The van der Waals surface area contributed by atoms with Crippen LogP contribution in [0.4, 0.5) is 13.2 Å². The lowest BCUT2D eigenvalue weighted by atomic mass is 9.84. The lowest BCUT2D eigenvalue weighted by Crippen LogP contribution is -2.34. The van der Waals surface area contributed by atoms with E-state index in [2.05, 4.69) is 12.2 Å². The van der Waals surface area contributed by atoms with Crippen LogP contribution in [-0.4, -0.2) is 23.8 Å². The first-order chi connectivity index (χ1) is 8.01. The van der Waals surface area contributed by atoms with Crippen LogP contribution in [0.2, 0.25) is 0 Å². The number of hydrogen-bond acceptors (Lipinski definition) is 2. The highest BCUT2D eigenvalue weighted by molar-refractivity contribution is 8.00. The summed E-state index contributed by atoms with van der Waals surface area (Å²) in [4.78, 5) is 0. The fourth-order valence-electron chi connectivity index (χ4n) is 2.43. The summed E-state index contributed by atoms with van der Waals surface area (Å²) in [6.45, 7) is 3.15. The van der Waals surface area contributed by atoms with Gasteiger partial charge in [-0.15, -0.1) is 0 Å². The second-order valence-electron chi connectivity index (χ2n) is 4.77. The first-order valence-electron chi connectivity index (χ1n) is 6.45. The van der Waals surface area contributed by atoms with E-state index in [1.54, 1.807) is 0 Å². The summed E-state index contributed by atoms with van der Waals surface area (Å²) in [5, 5.41) is 3.48. The van der Waals surface area contributed by atoms with Gasteiger partial charge in [-0.3, -0.25) is 0 Å². The van der Waals surface area contributed by atoms with Gasteiger partial charge in [0.1, 0.15) is 0 Å². The van der Waals surface area contributed by atoms with E-state index in [4.69, 9.17) is 0 Å². The molecular weight excluding hydrogens is 247 g/mol. The number of halogens is 3. The van der Waals surface area contributed by atoms with Crippen LogP contribution in [0.1, 0.15) is 45.4 Å². The van der Waals surface area contributed by atoms with Crippen LogP contribution < -0.4 is 5.32 Å². The molecule has 0 heterocycles. The summed E-state index contributed by atoms with van der Waals surface area (Å²) in [6.07, 6.45) is 6.31. The first-order valence-corrected chi connectivity index (χ1v) is 7.44. The molecule has 5 heteroatoms. The molecule has 0 saturated heterocycles. The zero-order valence-corrected chi connectivity index (χ0v) is 11.2. The molecule has 1 rings (SSSR count). The van der Waals surface area contributed by atoms with Crippen molar-refractivity contribution in [3.63, 3.8) is 0 Å². The summed E-state index contributed by atoms with van der Waals surface area (Å²) in [6, 6.07) is 0.532. The second kappa shape index (κ2) is 7.52. The molecule has 102 valence electrons. The van der Waals surface area contributed by atoms with Crippen molar-refractivity contribution < 1.29 is 13.2 Å². The minimum atomic E-state index is -4.06. The molecule has 0 bridgehead atoms. The maximum atomic E-state index is 12.0. The van der Waals surface area contributed by atoms with Crippen molar-refractivity contribution in [2.75, 3.05) is 12.3 Å². The van der Waals surface area contributed by atoms with Gasteiger partial charge in [0.25, 0.3) is 0 Å². The Labute approximate surface area is 106 Å². The minimum absolute atomic E-state index is 0.126. The van der Waals surface area contributed by atoms with Gasteiger partial charge in [-0.2, -0.15) is 13.2 Å². The van der Waals surface area contributed by atoms with Gasteiger partial charge in [0.2, 0.25) is 0 Å². The molecule has 2 atom stereocenters. The molecule has 0 aromatic heterocycles. The van der Waals surface area contributed by atoms with Crippen molar-refractivity contribution in [1.82, 2.24) is 5.32 Å². The Kier molecular flexibility index (Phi) is 6.70. The van der Waals surface area contributed by atoms with Gasteiger partial charge in [-0.25, -0.2) is 0 Å². The van der Waals surface area contributed by atoms with Gasteiger partial charge in [0, 0.05) is 11.8 Å². The quantitative estimate of drug-likeness (QED) is 0.776. The van der Waals surface area contributed by atoms with E-state index in [-0.39, 0.29) is 17.5 Å². The number of rotatable bonds is 6. The number of nitrogens with one attached hydrogen (secondary N) is 1. The Morgan fingerprint density at radius 1 is 1.29 bits per heavy atom. The highest BCUT2D eigenvalue weighted by Gasteiger charge is 2.29. The predicted molar refractivity (Wildman–Crippen MR) is 67.2 cm³/mol. The van der Waals surface area contributed by atoms with E-state index < -0.39 is 5.51 Å². The summed E-state index contributed by atoms with van der Waals surface area (Å²) < 4.78 is 36.0. The lowest BCUT2D eigenvalue weighted by Gasteiger charge is -2.29. The van der Waals surface area contributed by atoms with Gasteiger partial charge in [-0.1, -0.05) is 31.5 Å². The average molecular weight is 269 g/mol. The van der Waals surface area contributed by atoms with Crippen LogP contribution in [0, 0.1) is 5.92 Å². The smallest absolute Gasteiger partial charge is 0.314 e. The third kappa shape index (κ3) is 7.19. The van der Waals surface area contributed by atoms with Crippen molar-refractivity contribution in [1.29, 1.82) is 0 Å². The Hall–Kier alpha value is 0.100. The van der Waals surface area contributed by atoms with Gasteiger partial charge in [0.05, 0.1) is 0 Å². The molecule has 0 aromatic carbocycles. The maximum absolute atomic E-state index is 12.0. The fraction of sp³-hybridized carbons (Fsp3) is 1.00. The first kappa shape index (κ1) is 15.2. The Morgan fingerprint density at radius 2 is 2.06 bits per heavy atom. The molecule has 2 unspecified atom stereocenters. The molecule has 1 N–H and O–H groups in total. The van der Waals surface area contributed by atoms with E-state index in [0.717, 1.165) is 32.2 Å². The third-order valence-electron chi connectivity index (χ3n) is 3.26. The molecule has 0 amide bonds. The topological polar surface area (TPSA) is 12.0 Å². The predicted octanol–water partition coefficient (Wildman–Crippen LogP) is 4.19. The zero-order chi connectivity index (χ0) is 12.7. The van der Waals surface area contributed by atoms with Gasteiger partial charge in [-0.05, 0) is 38.1 Å². The van der Waals surface area contributed by atoms with Crippen molar-refractivity contribution in [2.24, 2.45) is 5.92 Å². The van der Waals surface area contributed by atoms with Crippen LogP contribution in [0.3, 0.4) is 0 Å².